The maximum atomic E-state index is 9.12. The number of aliphatic hydroxyl groups excluding tert-OH is 2. The predicted molar refractivity (Wildman–Crippen MR) is 65.1 cm³/mol. The summed E-state index contributed by atoms with van der Waals surface area (Å²) in [5.74, 6) is 1.26. The molecule has 84 valence electrons. The molecule has 1 aromatic carbocycles. The van der Waals surface area contributed by atoms with Gasteiger partial charge in [-0.05, 0) is 17.7 Å². The Labute approximate surface area is 98.2 Å². The first-order valence-electron chi connectivity index (χ1n) is 4.54. The van der Waals surface area contributed by atoms with Crippen molar-refractivity contribution >= 4 is 29.1 Å². The van der Waals surface area contributed by atoms with Crippen molar-refractivity contribution < 1.29 is 10.2 Å². The molecule has 1 atom stereocenters. The van der Waals surface area contributed by atoms with Gasteiger partial charge in [0.15, 0.2) is 0 Å². The van der Waals surface area contributed by atoms with Crippen LogP contribution in [-0.2, 0) is 5.75 Å². The van der Waals surface area contributed by atoms with E-state index in [2.05, 4.69) is 0 Å². The first-order chi connectivity index (χ1) is 7.13. The maximum absolute atomic E-state index is 9.12. The van der Waals surface area contributed by atoms with Crippen LogP contribution in [0, 0.1) is 0 Å². The van der Waals surface area contributed by atoms with Crippen molar-refractivity contribution in [2.75, 3.05) is 18.1 Å². The van der Waals surface area contributed by atoms with Crippen molar-refractivity contribution in [2.24, 2.45) is 0 Å². The molecule has 5 heteroatoms. The molecule has 4 N–H and O–H groups in total. The normalized spacial score (nSPS) is 12.7. The van der Waals surface area contributed by atoms with E-state index >= 15 is 0 Å². The van der Waals surface area contributed by atoms with Gasteiger partial charge < -0.3 is 15.9 Å². The van der Waals surface area contributed by atoms with E-state index in [-0.39, 0.29) is 6.61 Å². The number of nitrogens with two attached hydrogens (primary N) is 1. The fourth-order valence-electron chi connectivity index (χ4n) is 1.05. The molecule has 0 saturated carbocycles. The van der Waals surface area contributed by atoms with E-state index in [1.165, 1.54) is 0 Å². The van der Waals surface area contributed by atoms with E-state index in [0.29, 0.717) is 16.5 Å². The third kappa shape index (κ3) is 4.30. The van der Waals surface area contributed by atoms with Crippen molar-refractivity contribution in [2.45, 2.75) is 11.9 Å². The van der Waals surface area contributed by atoms with Gasteiger partial charge in [-0.25, -0.2) is 0 Å². The van der Waals surface area contributed by atoms with Gasteiger partial charge in [-0.2, -0.15) is 11.8 Å². The molecule has 15 heavy (non-hydrogen) atoms. The average Bonchev–Trinajstić information content (AvgIpc) is 2.23. The smallest absolute Gasteiger partial charge is 0.0861 e. The van der Waals surface area contributed by atoms with E-state index in [4.69, 9.17) is 27.5 Å². The molecule has 1 aromatic rings. The number of halogens is 1. The van der Waals surface area contributed by atoms with Crippen LogP contribution in [-0.4, -0.2) is 28.7 Å². The molecule has 0 spiro atoms. The van der Waals surface area contributed by atoms with Crippen LogP contribution in [0.1, 0.15) is 5.56 Å². The summed E-state index contributed by atoms with van der Waals surface area (Å²) in [4.78, 5) is 0. The van der Waals surface area contributed by atoms with E-state index in [9.17, 15) is 0 Å². The number of hydrogen-bond acceptors (Lipinski definition) is 4. The second-order valence-corrected chi connectivity index (χ2v) is 4.64. The molecule has 3 nitrogen and oxygen atoms in total. The van der Waals surface area contributed by atoms with Gasteiger partial charge in [-0.1, -0.05) is 17.7 Å². The van der Waals surface area contributed by atoms with E-state index in [0.717, 1.165) is 11.3 Å². The quantitative estimate of drug-likeness (QED) is 0.690. The number of nitrogen functional groups attached to an aromatic ring is 1. The number of aliphatic hydroxyl groups is 2. The number of hydrogen-bond donors (Lipinski definition) is 3. The summed E-state index contributed by atoms with van der Waals surface area (Å²) in [5.41, 5.74) is 7.28. The molecule has 0 amide bonds. The van der Waals surface area contributed by atoms with Crippen LogP contribution in [0.25, 0.3) is 0 Å². The summed E-state index contributed by atoms with van der Waals surface area (Å²) < 4.78 is 0. The zero-order valence-corrected chi connectivity index (χ0v) is 9.76. The topological polar surface area (TPSA) is 66.5 Å². The summed E-state index contributed by atoms with van der Waals surface area (Å²) in [5, 5.41) is 18.3. The Morgan fingerprint density at radius 1 is 1.47 bits per heavy atom. The molecular weight excluding hydrogens is 234 g/mol. The van der Waals surface area contributed by atoms with E-state index in [1.54, 1.807) is 17.8 Å². The molecule has 0 bridgehead atoms. The Hall–Kier alpha value is -0.420. The van der Waals surface area contributed by atoms with Gasteiger partial charge in [-0.3, -0.25) is 0 Å². The van der Waals surface area contributed by atoms with Crippen molar-refractivity contribution in [1.82, 2.24) is 0 Å². The molecule has 0 saturated heterocycles. The lowest BCUT2D eigenvalue weighted by Crippen LogP contribution is -2.14. The Bertz CT molecular complexity index is 322. The molecule has 0 aliphatic rings. The standard InChI is InChI=1S/C10H14ClNO2S/c11-9-2-1-7(3-10(9)12)5-15-6-8(14)4-13/h1-3,8,13-14H,4-6,12H2. The molecule has 0 radical (unpaired) electrons. The van der Waals surface area contributed by atoms with Crippen LogP contribution in [0.15, 0.2) is 18.2 Å². The lowest BCUT2D eigenvalue weighted by molar-refractivity contribution is 0.113. The Morgan fingerprint density at radius 2 is 2.20 bits per heavy atom. The molecule has 0 aliphatic heterocycles. The monoisotopic (exact) mass is 247 g/mol. The van der Waals surface area contributed by atoms with Crippen LogP contribution < -0.4 is 5.73 Å². The van der Waals surface area contributed by atoms with Crippen molar-refractivity contribution in [3.63, 3.8) is 0 Å². The number of rotatable bonds is 5. The molecule has 1 unspecified atom stereocenters. The van der Waals surface area contributed by atoms with Crippen molar-refractivity contribution in [3.8, 4) is 0 Å². The summed E-state index contributed by atoms with van der Waals surface area (Å²) in [7, 11) is 0. The first kappa shape index (κ1) is 12.6. The first-order valence-corrected chi connectivity index (χ1v) is 6.07. The number of anilines is 1. The molecule has 0 fully saturated rings. The molecule has 0 heterocycles. The SMILES string of the molecule is Nc1cc(CSCC(O)CO)ccc1Cl. The second kappa shape index (κ2) is 6.23. The molecular formula is C10H14ClNO2S. The fourth-order valence-corrected chi connectivity index (χ4v) is 2.08. The fraction of sp³-hybridized carbons (Fsp3) is 0.400. The summed E-state index contributed by atoms with van der Waals surface area (Å²) in [6.07, 6.45) is -0.653. The highest BCUT2D eigenvalue weighted by Crippen LogP contribution is 2.22. The van der Waals surface area contributed by atoms with Gasteiger partial charge in [0.1, 0.15) is 0 Å². The van der Waals surface area contributed by atoms with Crippen LogP contribution >= 0.6 is 23.4 Å². The zero-order valence-electron chi connectivity index (χ0n) is 8.19. The highest BCUT2D eigenvalue weighted by Gasteiger charge is 2.03. The maximum Gasteiger partial charge on any atom is 0.0861 e. The summed E-state index contributed by atoms with van der Waals surface area (Å²) in [6, 6.07) is 5.48. The van der Waals surface area contributed by atoms with Crippen molar-refractivity contribution in [3.05, 3.63) is 28.8 Å². The van der Waals surface area contributed by atoms with Crippen LogP contribution in [0.2, 0.25) is 5.02 Å². The zero-order chi connectivity index (χ0) is 11.3. The Balaban J connectivity index is 2.41. The predicted octanol–water partition coefficient (Wildman–Crippen LogP) is 1.51. The van der Waals surface area contributed by atoms with E-state index in [1.807, 2.05) is 12.1 Å². The van der Waals surface area contributed by atoms with Gasteiger partial charge in [0, 0.05) is 11.5 Å². The van der Waals surface area contributed by atoms with Gasteiger partial charge in [0.25, 0.3) is 0 Å². The lowest BCUT2D eigenvalue weighted by atomic mass is 10.2. The summed E-state index contributed by atoms with van der Waals surface area (Å²) in [6.45, 7) is -0.199. The molecule has 1 rings (SSSR count). The highest BCUT2D eigenvalue weighted by molar-refractivity contribution is 7.98. The minimum absolute atomic E-state index is 0.199. The number of benzene rings is 1. The van der Waals surface area contributed by atoms with Crippen LogP contribution in [0.4, 0.5) is 5.69 Å². The average molecular weight is 248 g/mol. The third-order valence-electron chi connectivity index (χ3n) is 1.85. The number of thioether (sulfide) groups is 1. The third-order valence-corrected chi connectivity index (χ3v) is 3.35. The molecule has 0 aromatic heterocycles. The van der Waals surface area contributed by atoms with Crippen LogP contribution in [0.5, 0.6) is 0 Å². The summed E-state index contributed by atoms with van der Waals surface area (Å²) >= 11 is 7.33. The van der Waals surface area contributed by atoms with E-state index < -0.39 is 6.10 Å². The van der Waals surface area contributed by atoms with Gasteiger partial charge in [-0.15, -0.1) is 0 Å². The Kier molecular flexibility index (Phi) is 5.25. The highest BCUT2D eigenvalue weighted by atomic mass is 35.5. The largest absolute Gasteiger partial charge is 0.398 e. The van der Waals surface area contributed by atoms with Crippen molar-refractivity contribution in [1.29, 1.82) is 0 Å². The lowest BCUT2D eigenvalue weighted by Gasteiger charge is -2.07. The minimum atomic E-state index is -0.653. The van der Waals surface area contributed by atoms with Crippen LogP contribution in [0.3, 0.4) is 0 Å². The Morgan fingerprint density at radius 3 is 2.80 bits per heavy atom. The van der Waals surface area contributed by atoms with Gasteiger partial charge >= 0.3 is 0 Å². The second-order valence-electron chi connectivity index (χ2n) is 3.21. The van der Waals surface area contributed by atoms with Gasteiger partial charge in [0.2, 0.25) is 0 Å². The van der Waals surface area contributed by atoms with Gasteiger partial charge in [0.05, 0.1) is 23.4 Å². The minimum Gasteiger partial charge on any atom is -0.398 e. The molecule has 0 aliphatic carbocycles.